The van der Waals surface area contributed by atoms with E-state index in [4.69, 9.17) is 0 Å². The molecule has 1 amide bonds. The first-order chi connectivity index (χ1) is 17.0. The maximum absolute atomic E-state index is 13.0. The molecule has 2 N–H and O–H groups in total. The number of hydrogen-bond acceptors (Lipinski definition) is 7. The summed E-state index contributed by atoms with van der Waals surface area (Å²) in [6.07, 6.45) is 1.63. The molecule has 0 spiro atoms. The Labute approximate surface area is 210 Å². The number of aryl methyl sites for hydroxylation is 3. The van der Waals surface area contributed by atoms with Gasteiger partial charge in [0, 0.05) is 35.7 Å². The quantitative estimate of drug-likeness (QED) is 0.479. The highest BCUT2D eigenvalue weighted by molar-refractivity contribution is 7.92. The third-order valence-corrected chi connectivity index (χ3v) is 9.15. The number of nitrogens with zero attached hydrogens (tertiary/aromatic N) is 3. The number of rotatable bonds is 7. The molecule has 1 fully saturated rings. The molecule has 190 valence electrons. The van der Waals surface area contributed by atoms with Crippen molar-refractivity contribution in [2.75, 3.05) is 23.1 Å². The summed E-state index contributed by atoms with van der Waals surface area (Å²) in [6, 6.07) is 11.9. The van der Waals surface area contributed by atoms with E-state index in [1.807, 2.05) is 0 Å². The van der Waals surface area contributed by atoms with Gasteiger partial charge >= 0.3 is 0 Å². The molecule has 2 aromatic carbocycles. The van der Waals surface area contributed by atoms with Crippen LogP contribution in [0.4, 0.5) is 11.6 Å². The van der Waals surface area contributed by atoms with E-state index in [1.54, 1.807) is 39.0 Å². The van der Waals surface area contributed by atoms with Crippen LogP contribution < -0.4 is 10.0 Å². The minimum atomic E-state index is -3.94. The molecule has 0 bridgehead atoms. The van der Waals surface area contributed by atoms with Crippen molar-refractivity contribution in [1.29, 1.82) is 0 Å². The molecule has 1 aliphatic rings. The standard InChI is InChI=1S/C24H27N5O5S2/c1-16-6-7-19(15-22(16)36(33,34)29-12-4-5-13-29)23(30)27-20-8-10-21(11-9-20)35(31,32)28-24-25-17(2)14-18(3)26-24/h6-11,14-15H,4-5,12-13H2,1-3H3,(H,27,30)(H,25,26,28). The maximum atomic E-state index is 13.0. The van der Waals surface area contributed by atoms with Crippen molar-refractivity contribution in [3.05, 3.63) is 71.0 Å². The van der Waals surface area contributed by atoms with Crippen molar-refractivity contribution >= 4 is 37.6 Å². The summed E-state index contributed by atoms with van der Waals surface area (Å²) in [5.74, 6) is -0.533. The summed E-state index contributed by atoms with van der Waals surface area (Å²) in [6.45, 7) is 6.11. The molecule has 0 radical (unpaired) electrons. The number of carbonyl (C=O) groups is 1. The Morgan fingerprint density at radius 3 is 2.08 bits per heavy atom. The lowest BCUT2D eigenvalue weighted by Gasteiger charge is -2.18. The topological polar surface area (TPSA) is 138 Å². The van der Waals surface area contributed by atoms with E-state index < -0.39 is 26.0 Å². The zero-order valence-electron chi connectivity index (χ0n) is 20.1. The molecular formula is C24H27N5O5S2. The molecule has 12 heteroatoms. The summed E-state index contributed by atoms with van der Waals surface area (Å²) in [5.41, 5.74) is 2.36. The van der Waals surface area contributed by atoms with Gasteiger partial charge in [0.05, 0.1) is 9.79 Å². The number of aromatic nitrogens is 2. The molecular weight excluding hydrogens is 502 g/mol. The van der Waals surface area contributed by atoms with Crippen LogP contribution in [0.2, 0.25) is 0 Å². The van der Waals surface area contributed by atoms with Crippen molar-refractivity contribution in [2.45, 2.75) is 43.4 Å². The van der Waals surface area contributed by atoms with Crippen molar-refractivity contribution in [3.8, 4) is 0 Å². The highest BCUT2D eigenvalue weighted by Crippen LogP contribution is 2.25. The second-order valence-electron chi connectivity index (χ2n) is 8.65. The smallest absolute Gasteiger partial charge is 0.264 e. The first kappa shape index (κ1) is 25.7. The van der Waals surface area contributed by atoms with E-state index in [-0.39, 0.29) is 21.3 Å². The zero-order valence-corrected chi connectivity index (χ0v) is 21.8. The van der Waals surface area contributed by atoms with Crippen LogP contribution in [-0.2, 0) is 20.0 Å². The minimum Gasteiger partial charge on any atom is -0.322 e. The first-order valence-corrected chi connectivity index (χ1v) is 14.3. The second kappa shape index (κ2) is 9.96. The Kier molecular flexibility index (Phi) is 7.12. The SMILES string of the molecule is Cc1cc(C)nc(NS(=O)(=O)c2ccc(NC(=O)c3ccc(C)c(S(=O)(=O)N4CCCC4)c3)cc2)n1. The average molecular weight is 530 g/mol. The fourth-order valence-corrected chi connectivity index (χ4v) is 6.67. The van der Waals surface area contributed by atoms with Gasteiger partial charge in [-0.05, 0) is 81.6 Å². The molecule has 0 saturated carbocycles. The third-order valence-electron chi connectivity index (χ3n) is 5.76. The molecule has 0 unspecified atom stereocenters. The number of nitrogens with one attached hydrogen (secondary N) is 2. The molecule has 3 aromatic rings. The van der Waals surface area contributed by atoms with Crippen LogP contribution in [0.3, 0.4) is 0 Å². The molecule has 10 nitrogen and oxygen atoms in total. The van der Waals surface area contributed by atoms with Gasteiger partial charge in [-0.1, -0.05) is 6.07 Å². The van der Waals surface area contributed by atoms with Gasteiger partial charge in [-0.3, -0.25) is 4.79 Å². The molecule has 0 aliphatic carbocycles. The van der Waals surface area contributed by atoms with E-state index in [2.05, 4.69) is 20.0 Å². The summed E-state index contributed by atoms with van der Waals surface area (Å²) in [5, 5.41) is 2.68. The fourth-order valence-electron chi connectivity index (χ4n) is 3.96. The van der Waals surface area contributed by atoms with Gasteiger partial charge in [0.15, 0.2) is 0 Å². The van der Waals surface area contributed by atoms with E-state index in [1.165, 1.54) is 34.6 Å². The van der Waals surface area contributed by atoms with Gasteiger partial charge in [-0.2, -0.15) is 4.31 Å². The second-order valence-corrected chi connectivity index (χ2v) is 12.2. The van der Waals surface area contributed by atoms with Gasteiger partial charge in [-0.15, -0.1) is 0 Å². The predicted molar refractivity (Wildman–Crippen MR) is 136 cm³/mol. The summed E-state index contributed by atoms with van der Waals surface area (Å²) >= 11 is 0. The molecule has 4 rings (SSSR count). The van der Waals surface area contributed by atoms with Crippen molar-refractivity contribution in [2.24, 2.45) is 0 Å². The lowest BCUT2D eigenvalue weighted by molar-refractivity contribution is 0.102. The molecule has 36 heavy (non-hydrogen) atoms. The zero-order chi connectivity index (χ0) is 26.1. The first-order valence-electron chi connectivity index (χ1n) is 11.3. The predicted octanol–water partition coefficient (Wildman–Crippen LogP) is 3.24. The highest BCUT2D eigenvalue weighted by atomic mass is 32.2. The van der Waals surface area contributed by atoms with E-state index in [9.17, 15) is 21.6 Å². The summed E-state index contributed by atoms with van der Waals surface area (Å²) in [4.78, 5) is 21.1. The summed E-state index contributed by atoms with van der Waals surface area (Å²) in [7, 11) is -7.62. The summed E-state index contributed by atoms with van der Waals surface area (Å²) < 4.78 is 55.2. The number of anilines is 2. The lowest BCUT2D eigenvalue weighted by atomic mass is 10.1. The number of benzene rings is 2. The van der Waals surface area contributed by atoms with Crippen molar-refractivity contribution < 1.29 is 21.6 Å². The monoisotopic (exact) mass is 529 g/mol. The molecule has 2 heterocycles. The van der Waals surface area contributed by atoms with Gasteiger partial charge in [0.25, 0.3) is 15.9 Å². The van der Waals surface area contributed by atoms with Crippen LogP contribution in [0.15, 0.2) is 58.3 Å². The lowest BCUT2D eigenvalue weighted by Crippen LogP contribution is -2.28. The van der Waals surface area contributed by atoms with Crippen molar-refractivity contribution in [3.63, 3.8) is 0 Å². The maximum Gasteiger partial charge on any atom is 0.264 e. The number of carbonyl (C=O) groups excluding carboxylic acids is 1. The third kappa shape index (κ3) is 5.55. The van der Waals surface area contributed by atoms with Crippen LogP contribution in [0.25, 0.3) is 0 Å². The Balaban J connectivity index is 1.50. The van der Waals surface area contributed by atoms with E-state index in [0.29, 0.717) is 35.7 Å². The van der Waals surface area contributed by atoms with Crippen LogP contribution >= 0.6 is 0 Å². The van der Waals surface area contributed by atoms with E-state index >= 15 is 0 Å². The van der Waals surface area contributed by atoms with Crippen LogP contribution in [-0.4, -0.2) is 50.1 Å². The number of hydrogen-bond donors (Lipinski definition) is 2. The molecule has 1 aromatic heterocycles. The van der Waals surface area contributed by atoms with Gasteiger partial charge < -0.3 is 5.32 Å². The molecule has 0 atom stereocenters. The average Bonchev–Trinajstić information content (AvgIpc) is 3.34. The minimum absolute atomic E-state index is 0.0241. The van der Waals surface area contributed by atoms with Gasteiger partial charge in [-0.25, -0.2) is 31.5 Å². The molecule has 1 saturated heterocycles. The normalized spacial score (nSPS) is 14.5. The van der Waals surface area contributed by atoms with Crippen LogP contribution in [0.5, 0.6) is 0 Å². The highest BCUT2D eigenvalue weighted by Gasteiger charge is 2.29. The molecule has 1 aliphatic heterocycles. The Hall–Kier alpha value is -3.35. The van der Waals surface area contributed by atoms with Crippen molar-refractivity contribution in [1.82, 2.24) is 14.3 Å². The number of sulfonamides is 2. The Morgan fingerprint density at radius 2 is 1.47 bits per heavy atom. The Morgan fingerprint density at radius 1 is 0.861 bits per heavy atom. The Bertz CT molecular complexity index is 1490. The van der Waals surface area contributed by atoms with Gasteiger partial charge in [0.2, 0.25) is 16.0 Å². The van der Waals surface area contributed by atoms with Gasteiger partial charge in [0.1, 0.15) is 0 Å². The fraction of sp³-hybridized carbons (Fsp3) is 0.292. The van der Waals surface area contributed by atoms with Crippen LogP contribution in [0.1, 0.15) is 40.2 Å². The number of amides is 1. The van der Waals surface area contributed by atoms with E-state index in [0.717, 1.165) is 12.8 Å². The van der Waals surface area contributed by atoms with Crippen LogP contribution in [0, 0.1) is 20.8 Å². The largest absolute Gasteiger partial charge is 0.322 e.